The maximum absolute atomic E-state index is 6.10. The summed E-state index contributed by atoms with van der Waals surface area (Å²) in [5.41, 5.74) is 13.0. The molecule has 13 heteroatoms. The minimum atomic E-state index is 0.137. The van der Waals surface area contributed by atoms with E-state index in [9.17, 15) is 0 Å². The van der Waals surface area contributed by atoms with Gasteiger partial charge in [0, 0.05) is 42.5 Å². The van der Waals surface area contributed by atoms with Crippen LogP contribution in [0.2, 0.25) is 15.7 Å². The van der Waals surface area contributed by atoms with Crippen LogP contribution in [0.15, 0.2) is 134 Å². The van der Waals surface area contributed by atoms with E-state index in [2.05, 4.69) is 47.6 Å². The molecule has 6 aromatic heterocycles. The molecule has 244 valence electrons. The summed E-state index contributed by atoms with van der Waals surface area (Å²) in [5.74, 6) is 0.685. The molecule has 0 aliphatic heterocycles. The summed E-state index contributed by atoms with van der Waals surface area (Å²) < 4.78 is 3.39. The summed E-state index contributed by atoms with van der Waals surface area (Å²) in [5, 5.41) is 12.3. The van der Waals surface area contributed by atoms with Crippen LogP contribution in [0.4, 0.5) is 5.82 Å². The summed E-state index contributed by atoms with van der Waals surface area (Å²) in [7, 11) is 0. The Labute approximate surface area is 297 Å². The number of nitrogens with zero attached hydrogens (tertiary/aromatic N) is 8. The number of nitrogens with two attached hydrogens (primary N) is 1. The number of aromatic nitrogens is 8. The van der Waals surface area contributed by atoms with Gasteiger partial charge in [0.05, 0.1) is 17.9 Å². The lowest BCUT2D eigenvalue weighted by atomic mass is 10.1. The first-order valence-electron chi connectivity index (χ1n) is 15.1. The molecule has 6 heterocycles. The Hall–Kier alpha value is -5.39. The first-order valence-corrected chi connectivity index (χ1v) is 16.2. The average Bonchev–Trinajstić information content (AvgIpc) is 3.78. The Kier molecular flexibility index (Phi) is 11.0. The van der Waals surface area contributed by atoms with Crippen LogP contribution in [-0.2, 0) is 13.1 Å². The summed E-state index contributed by atoms with van der Waals surface area (Å²) in [6, 6.07) is 35.6. The first kappa shape index (κ1) is 33.5. The van der Waals surface area contributed by atoms with Crippen LogP contribution in [0.25, 0.3) is 33.3 Å². The Balaban J connectivity index is 0.000000144. The molecular formula is C36H29Cl3N10. The number of hydrogen-bond acceptors (Lipinski definition) is 8. The van der Waals surface area contributed by atoms with Crippen molar-refractivity contribution in [3.05, 3.63) is 161 Å². The standard InChI is InChI=1S/C18H14ClN5.C12H7Cl2N3.C6H8N2/c19-18-22-17(21-12-14-8-4-5-10-20-14)16-15(9-11-24(16)23-18)13-6-2-1-3-7-13;13-11-10-9(8-4-2-1-3-5-8)6-7-17(10)16-12(14)15-11;7-5-6-3-1-2-4-8-6/h1-11H,12H2,(H,21,22,23);1-7H;1-4H,5,7H2. The van der Waals surface area contributed by atoms with E-state index in [1.807, 2.05) is 109 Å². The van der Waals surface area contributed by atoms with Crippen molar-refractivity contribution in [2.75, 3.05) is 5.32 Å². The van der Waals surface area contributed by atoms with E-state index < -0.39 is 0 Å². The quantitative estimate of drug-likeness (QED) is 0.177. The molecule has 0 unspecified atom stereocenters. The highest BCUT2D eigenvalue weighted by molar-refractivity contribution is 6.34. The van der Waals surface area contributed by atoms with Crippen LogP contribution in [0.3, 0.4) is 0 Å². The van der Waals surface area contributed by atoms with E-state index in [1.165, 1.54) is 0 Å². The second-order valence-electron chi connectivity index (χ2n) is 10.4. The molecule has 49 heavy (non-hydrogen) atoms. The molecule has 0 fully saturated rings. The molecule has 0 saturated carbocycles. The summed E-state index contributed by atoms with van der Waals surface area (Å²) >= 11 is 17.9. The van der Waals surface area contributed by atoms with E-state index in [1.54, 1.807) is 21.4 Å². The van der Waals surface area contributed by atoms with Gasteiger partial charge in [-0.1, -0.05) is 84.4 Å². The molecule has 3 N–H and O–H groups in total. The van der Waals surface area contributed by atoms with E-state index in [4.69, 9.17) is 40.5 Å². The topological polar surface area (TPSA) is 124 Å². The van der Waals surface area contributed by atoms with E-state index >= 15 is 0 Å². The number of benzene rings is 2. The van der Waals surface area contributed by atoms with Crippen LogP contribution >= 0.6 is 34.8 Å². The molecule has 0 bridgehead atoms. The third kappa shape index (κ3) is 8.37. The van der Waals surface area contributed by atoms with Crippen LogP contribution in [0.5, 0.6) is 0 Å². The Morgan fingerprint density at radius 3 is 1.61 bits per heavy atom. The van der Waals surface area contributed by atoms with Gasteiger partial charge in [-0.05, 0) is 70.7 Å². The van der Waals surface area contributed by atoms with Gasteiger partial charge in [-0.25, -0.2) is 14.0 Å². The monoisotopic (exact) mass is 706 g/mol. The molecule has 0 aliphatic rings. The number of halogens is 3. The predicted molar refractivity (Wildman–Crippen MR) is 196 cm³/mol. The first-order chi connectivity index (χ1) is 24.0. The Bertz CT molecular complexity index is 2250. The van der Waals surface area contributed by atoms with Gasteiger partial charge in [-0.3, -0.25) is 9.97 Å². The smallest absolute Gasteiger partial charge is 0.243 e. The van der Waals surface area contributed by atoms with Crippen LogP contribution in [0, 0.1) is 0 Å². The van der Waals surface area contributed by atoms with Crippen molar-refractivity contribution < 1.29 is 0 Å². The van der Waals surface area contributed by atoms with Gasteiger partial charge in [0.2, 0.25) is 10.6 Å². The normalized spacial score (nSPS) is 10.6. The fraction of sp³-hybridized carbons (Fsp3) is 0.0556. The van der Waals surface area contributed by atoms with Gasteiger partial charge in [-0.15, -0.1) is 10.2 Å². The SMILES string of the molecule is Clc1nc(Cl)c2c(-c3ccccc3)ccn2n1.Clc1nc(NCc2ccccn2)c2c(-c3ccccc3)ccn2n1.NCc1ccccn1. The lowest BCUT2D eigenvalue weighted by molar-refractivity contribution is 0.898. The van der Waals surface area contributed by atoms with Crippen molar-refractivity contribution in [3.8, 4) is 22.3 Å². The van der Waals surface area contributed by atoms with Crippen molar-refractivity contribution in [3.63, 3.8) is 0 Å². The van der Waals surface area contributed by atoms with Crippen molar-refractivity contribution in [2.24, 2.45) is 5.73 Å². The highest BCUT2D eigenvalue weighted by Crippen LogP contribution is 2.31. The fourth-order valence-electron chi connectivity index (χ4n) is 4.97. The number of rotatable bonds is 6. The van der Waals surface area contributed by atoms with Crippen molar-refractivity contribution in [1.29, 1.82) is 0 Å². The minimum Gasteiger partial charge on any atom is -0.363 e. The molecule has 8 aromatic rings. The van der Waals surface area contributed by atoms with E-state index in [-0.39, 0.29) is 10.6 Å². The zero-order chi connectivity index (χ0) is 34.0. The second kappa shape index (κ2) is 16.1. The molecule has 8 rings (SSSR count). The Morgan fingerprint density at radius 2 is 1.08 bits per heavy atom. The minimum absolute atomic E-state index is 0.137. The third-order valence-electron chi connectivity index (χ3n) is 7.20. The summed E-state index contributed by atoms with van der Waals surface area (Å²) in [4.78, 5) is 16.6. The number of fused-ring (bicyclic) bond motifs is 2. The maximum atomic E-state index is 6.10. The largest absolute Gasteiger partial charge is 0.363 e. The van der Waals surface area contributed by atoms with Crippen molar-refractivity contribution >= 4 is 51.7 Å². The molecule has 0 saturated heterocycles. The van der Waals surface area contributed by atoms with Gasteiger partial charge < -0.3 is 11.1 Å². The maximum Gasteiger partial charge on any atom is 0.243 e. The van der Waals surface area contributed by atoms with Crippen molar-refractivity contribution in [1.82, 2.24) is 39.2 Å². The lowest BCUT2D eigenvalue weighted by Gasteiger charge is -2.09. The molecule has 0 amide bonds. The predicted octanol–water partition coefficient (Wildman–Crippen LogP) is 8.30. The van der Waals surface area contributed by atoms with Crippen LogP contribution in [0.1, 0.15) is 11.4 Å². The van der Waals surface area contributed by atoms with Gasteiger partial charge in [-0.2, -0.15) is 4.98 Å². The molecule has 0 radical (unpaired) electrons. The molecular weight excluding hydrogens is 679 g/mol. The zero-order valence-electron chi connectivity index (χ0n) is 25.9. The second-order valence-corrected chi connectivity index (χ2v) is 11.4. The summed E-state index contributed by atoms with van der Waals surface area (Å²) in [6.07, 6.45) is 7.21. The Morgan fingerprint density at radius 1 is 0.571 bits per heavy atom. The zero-order valence-corrected chi connectivity index (χ0v) is 28.2. The molecule has 0 spiro atoms. The number of nitrogens with one attached hydrogen (secondary N) is 1. The molecule has 0 aliphatic carbocycles. The van der Waals surface area contributed by atoms with Crippen LogP contribution in [-0.4, -0.2) is 39.2 Å². The van der Waals surface area contributed by atoms with Crippen LogP contribution < -0.4 is 11.1 Å². The van der Waals surface area contributed by atoms with Gasteiger partial charge in [0.15, 0.2) is 11.0 Å². The number of anilines is 1. The van der Waals surface area contributed by atoms with E-state index in [0.29, 0.717) is 24.1 Å². The number of hydrogen-bond donors (Lipinski definition) is 2. The van der Waals surface area contributed by atoms with Gasteiger partial charge in [0.25, 0.3) is 0 Å². The summed E-state index contributed by atoms with van der Waals surface area (Å²) in [6.45, 7) is 1.09. The molecule has 0 atom stereocenters. The highest BCUT2D eigenvalue weighted by Gasteiger charge is 2.14. The molecule has 10 nitrogen and oxygen atoms in total. The fourth-order valence-corrected chi connectivity index (χ4v) is 5.62. The average molecular weight is 708 g/mol. The third-order valence-corrected chi connectivity index (χ3v) is 7.78. The van der Waals surface area contributed by atoms with Crippen molar-refractivity contribution in [2.45, 2.75) is 13.1 Å². The molecule has 2 aromatic carbocycles. The highest BCUT2D eigenvalue weighted by atomic mass is 35.5. The van der Waals surface area contributed by atoms with E-state index in [0.717, 1.165) is 44.7 Å². The van der Waals surface area contributed by atoms with Gasteiger partial charge in [0.1, 0.15) is 11.0 Å². The van der Waals surface area contributed by atoms with Gasteiger partial charge >= 0.3 is 0 Å². The lowest BCUT2D eigenvalue weighted by Crippen LogP contribution is -2.06. The number of pyridine rings is 2.